The summed E-state index contributed by atoms with van der Waals surface area (Å²) in [5.41, 5.74) is 1.09. The highest BCUT2D eigenvalue weighted by Gasteiger charge is 2.27. The maximum atomic E-state index is 13.7. The lowest BCUT2D eigenvalue weighted by Gasteiger charge is -2.30. The monoisotopic (exact) mass is 447 g/mol. The number of carbonyl (C=O) groups excluding carboxylic acids is 1. The summed E-state index contributed by atoms with van der Waals surface area (Å²) in [5, 5.41) is 0.537. The van der Waals surface area contributed by atoms with Crippen LogP contribution in [0.25, 0.3) is 16.6 Å². The van der Waals surface area contributed by atoms with Crippen molar-refractivity contribution >= 4 is 16.8 Å². The zero-order valence-corrected chi connectivity index (χ0v) is 19.8. The number of carbonyl (C=O) groups is 1. The maximum absolute atomic E-state index is 13.7. The van der Waals surface area contributed by atoms with E-state index >= 15 is 0 Å². The minimum Gasteiger partial charge on any atom is -0.495 e. The van der Waals surface area contributed by atoms with Crippen LogP contribution < -0.4 is 10.3 Å². The van der Waals surface area contributed by atoms with E-state index in [2.05, 4.69) is 0 Å². The molecule has 0 spiro atoms. The maximum Gasteiger partial charge on any atom is 0.266 e. The first kappa shape index (κ1) is 23.0. The molecule has 0 bridgehead atoms. The van der Waals surface area contributed by atoms with Crippen LogP contribution >= 0.6 is 0 Å². The predicted molar refractivity (Wildman–Crippen MR) is 131 cm³/mol. The highest BCUT2D eigenvalue weighted by atomic mass is 16.5. The molecule has 1 amide bonds. The Kier molecular flexibility index (Phi) is 7.11. The number of rotatable bonds is 8. The average molecular weight is 448 g/mol. The summed E-state index contributed by atoms with van der Waals surface area (Å²) < 4.78 is 7.17. The van der Waals surface area contributed by atoms with Crippen LogP contribution in [0.5, 0.6) is 5.75 Å². The molecule has 0 saturated heterocycles. The Morgan fingerprint density at radius 3 is 2.58 bits per heavy atom. The largest absolute Gasteiger partial charge is 0.495 e. The highest BCUT2D eigenvalue weighted by Crippen LogP contribution is 2.31. The molecule has 1 saturated carbocycles. The van der Waals surface area contributed by atoms with E-state index in [4.69, 9.17) is 9.72 Å². The van der Waals surface area contributed by atoms with Gasteiger partial charge in [0.1, 0.15) is 11.6 Å². The Morgan fingerprint density at radius 1 is 1.15 bits per heavy atom. The van der Waals surface area contributed by atoms with Crippen LogP contribution in [-0.4, -0.2) is 34.0 Å². The molecule has 1 aliphatic rings. The molecule has 1 aromatic heterocycles. The Balaban J connectivity index is 1.77. The van der Waals surface area contributed by atoms with Gasteiger partial charge in [-0.25, -0.2) is 4.98 Å². The Hall–Kier alpha value is -3.15. The second-order valence-electron chi connectivity index (χ2n) is 8.84. The zero-order valence-electron chi connectivity index (χ0n) is 19.8. The van der Waals surface area contributed by atoms with E-state index in [1.165, 1.54) is 25.7 Å². The molecule has 1 heterocycles. The van der Waals surface area contributed by atoms with Crippen LogP contribution in [0.1, 0.15) is 64.2 Å². The first-order chi connectivity index (χ1) is 16.0. The predicted octanol–water partition coefficient (Wildman–Crippen LogP) is 5.27. The van der Waals surface area contributed by atoms with Gasteiger partial charge in [0.15, 0.2) is 0 Å². The fraction of sp³-hybridized carbons (Fsp3) is 0.444. The van der Waals surface area contributed by atoms with Crippen LogP contribution in [0.3, 0.4) is 0 Å². The summed E-state index contributed by atoms with van der Waals surface area (Å²) in [7, 11) is 1.59. The number of hydrogen-bond donors (Lipinski definition) is 0. The van der Waals surface area contributed by atoms with Crippen molar-refractivity contribution in [2.45, 2.75) is 58.4 Å². The SMILES string of the molecule is CCN(C(=O)CCC1CCCC1)C(C)c1nc2ccccc2c(=O)n1-c1ccccc1OC. The van der Waals surface area contributed by atoms with Crippen molar-refractivity contribution in [3.8, 4) is 11.4 Å². The Morgan fingerprint density at radius 2 is 1.85 bits per heavy atom. The smallest absolute Gasteiger partial charge is 0.266 e. The summed E-state index contributed by atoms with van der Waals surface area (Å²) in [4.78, 5) is 33.7. The molecule has 6 nitrogen and oxygen atoms in total. The second-order valence-corrected chi connectivity index (χ2v) is 8.84. The van der Waals surface area contributed by atoms with Crippen molar-refractivity contribution in [3.63, 3.8) is 0 Å². The number of nitrogens with zero attached hydrogens (tertiary/aromatic N) is 3. The van der Waals surface area contributed by atoms with Crippen LogP contribution in [0.2, 0.25) is 0 Å². The molecular weight excluding hydrogens is 414 g/mol. The van der Waals surface area contributed by atoms with Gasteiger partial charge in [-0.2, -0.15) is 0 Å². The van der Waals surface area contributed by atoms with Gasteiger partial charge < -0.3 is 9.64 Å². The highest BCUT2D eigenvalue weighted by molar-refractivity contribution is 5.79. The lowest BCUT2D eigenvalue weighted by molar-refractivity contribution is -0.133. The van der Waals surface area contributed by atoms with Gasteiger partial charge in [-0.3, -0.25) is 14.2 Å². The van der Waals surface area contributed by atoms with Crippen molar-refractivity contribution in [1.82, 2.24) is 14.5 Å². The van der Waals surface area contributed by atoms with Crippen molar-refractivity contribution in [3.05, 3.63) is 64.7 Å². The normalized spacial score (nSPS) is 15.0. The van der Waals surface area contributed by atoms with Crippen molar-refractivity contribution in [2.75, 3.05) is 13.7 Å². The van der Waals surface area contributed by atoms with Gasteiger partial charge in [0, 0.05) is 13.0 Å². The van der Waals surface area contributed by atoms with Gasteiger partial charge in [0.05, 0.1) is 29.7 Å². The summed E-state index contributed by atoms with van der Waals surface area (Å²) in [6.07, 6.45) is 6.49. The molecule has 33 heavy (non-hydrogen) atoms. The number of aromatic nitrogens is 2. The van der Waals surface area contributed by atoms with E-state index in [9.17, 15) is 9.59 Å². The topological polar surface area (TPSA) is 64.4 Å². The minimum absolute atomic E-state index is 0.117. The standard InChI is InChI=1S/C27H33N3O3/c1-4-29(25(31)18-17-20-11-5-6-12-20)19(2)26-28-22-14-8-7-13-21(22)27(32)30(26)23-15-9-10-16-24(23)33-3/h7-10,13-16,19-20H,4-6,11-12,17-18H2,1-3H3. The van der Waals surface area contributed by atoms with Crippen molar-refractivity contribution in [1.29, 1.82) is 0 Å². The van der Waals surface area contributed by atoms with E-state index in [0.29, 0.717) is 47.0 Å². The fourth-order valence-electron chi connectivity index (χ4n) is 5.05. The van der Waals surface area contributed by atoms with Crippen LogP contribution in [-0.2, 0) is 4.79 Å². The Labute approximate surface area is 195 Å². The summed E-state index contributed by atoms with van der Waals surface area (Å²) in [5.74, 6) is 1.90. The molecule has 1 unspecified atom stereocenters. The molecule has 0 aliphatic heterocycles. The van der Waals surface area contributed by atoms with Gasteiger partial charge in [-0.15, -0.1) is 0 Å². The molecule has 0 radical (unpaired) electrons. The third-order valence-electron chi connectivity index (χ3n) is 6.87. The Bertz CT molecular complexity index is 1180. The molecule has 1 aliphatic carbocycles. The van der Waals surface area contributed by atoms with Gasteiger partial charge in [0.25, 0.3) is 5.56 Å². The molecular formula is C27H33N3O3. The molecule has 4 rings (SSSR count). The van der Waals surface area contributed by atoms with Crippen LogP contribution in [0.4, 0.5) is 0 Å². The molecule has 2 aromatic carbocycles. The van der Waals surface area contributed by atoms with Gasteiger partial charge in [-0.05, 0) is 50.5 Å². The number of ether oxygens (including phenoxy) is 1. The second kappa shape index (κ2) is 10.2. The first-order valence-electron chi connectivity index (χ1n) is 12.0. The van der Waals surface area contributed by atoms with E-state index < -0.39 is 0 Å². The van der Waals surface area contributed by atoms with E-state index in [-0.39, 0.29) is 17.5 Å². The third kappa shape index (κ3) is 4.65. The molecule has 6 heteroatoms. The fourth-order valence-corrected chi connectivity index (χ4v) is 5.05. The average Bonchev–Trinajstić information content (AvgIpc) is 3.37. The van der Waals surface area contributed by atoms with Gasteiger partial charge in [-0.1, -0.05) is 49.9 Å². The summed E-state index contributed by atoms with van der Waals surface area (Å²) >= 11 is 0. The zero-order chi connectivity index (χ0) is 23.4. The summed E-state index contributed by atoms with van der Waals surface area (Å²) in [6.45, 7) is 4.50. The number of benzene rings is 2. The first-order valence-corrected chi connectivity index (χ1v) is 12.0. The van der Waals surface area contributed by atoms with Crippen molar-refractivity contribution in [2.24, 2.45) is 5.92 Å². The minimum atomic E-state index is -0.367. The number of para-hydroxylation sites is 3. The van der Waals surface area contributed by atoms with Crippen LogP contribution in [0, 0.1) is 5.92 Å². The quantitative estimate of drug-likeness (QED) is 0.472. The molecule has 1 atom stereocenters. The lowest BCUT2D eigenvalue weighted by Crippen LogP contribution is -2.37. The third-order valence-corrected chi connectivity index (χ3v) is 6.87. The molecule has 1 fully saturated rings. The number of fused-ring (bicyclic) bond motifs is 1. The van der Waals surface area contributed by atoms with Gasteiger partial charge in [0.2, 0.25) is 5.91 Å². The summed E-state index contributed by atoms with van der Waals surface area (Å²) in [6, 6.07) is 14.4. The number of amides is 1. The number of methoxy groups -OCH3 is 1. The molecule has 0 N–H and O–H groups in total. The number of hydrogen-bond acceptors (Lipinski definition) is 4. The van der Waals surface area contributed by atoms with E-state index in [1.54, 1.807) is 17.7 Å². The van der Waals surface area contributed by atoms with E-state index in [1.807, 2.05) is 61.2 Å². The molecule has 3 aromatic rings. The van der Waals surface area contributed by atoms with Gasteiger partial charge >= 0.3 is 0 Å². The molecule has 174 valence electrons. The lowest BCUT2D eigenvalue weighted by atomic mass is 10.0. The van der Waals surface area contributed by atoms with Crippen molar-refractivity contribution < 1.29 is 9.53 Å². The van der Waals surface area contributed by atoms with Crippen LogP contribution in [0.15, 0.2) is 53.3 Å². The van der Waals surface area contributed by atoms with E-state index in [0.717, 1.165) is 6.42 Å².